The van der Waals surface area contributed by atoms with Gasteiger partial charge in [-0.25, -0.2) is 4.57 Å². The van der Waals surface area contributed by atoms with Gasteiger partial charge in [0.15, 0.2) is 0 Å². The Morgan fingerprint density at radius 1 is 1.50 bits per heavy atom. The predicted molar refractivity (Wildman–Crippen MR) is 55.0 cm³/mol. The van der Waals surface area contributed by atoms with E-state index in [9.17, 15) is 0 Å². The fraction of sp³-hybridized carbons (Fsp3) is 1.00. The van der Waals surface area contributed by atoms with E-state index in [1.165, 1.54) is 24.5 Å². The maximum atomic E-state index is 8.46. The molecule has 0 aromatic carbocycles. The molecule has 0 saturated carbocycles. The van der Waals surface area contributed by atoms with Crippen LogP contribution >= 0.6 is 8.69 Å². The molecule has 0 aliphatic carbocycles. The number of rotatable bonds is 5. The van der Waals surface area contributed by atoms with Gasteiger partial charge in [-0.05, 0) is 0 Å². The Balaban J connectivity index is 0. The first-order chi connectivity index (χ1) is 5.72. The molecular formula is C8H19AlO2P+. The molecule has 0 aromatic heterocycles. The van der Waals surface area contributed by atoms with Crippen LogP contribution in [0.5, 0.6) is 0 Å². The van der Waals surface area contributed by atoms with E-state index in [0.29, 0.717) is 0 Å². The van der Waals surface area contributed by atoms with Crippen molar-refractivity contribution in [2.45, 2.75) is 50.1 Å². The average Bonchev–Trinajstić information content (AvgIpc) is 2.03. The minimum absolute atomic E-state index is 0.762. The van der Waals surface area contributed by atoms with Crippen molar-refractivity contribution in [1.82, 2.24) is 0 Å². The van der Waals surface area contributed by atoms with E-state index in [4.69, 9.17) is 9.46 Å². The van der Waals surface area contributed by atoms with Crippen LogP contribution in [0.25, 0.3) is 0 Å². The summed E-state index contributed by atoms with van der Waals surface area (Å²) in [6.45, 7) is 6.97. The summed E-state index contributed by atoms with van der Waals surface area (Å²) >= 11 is 0.762. The van der Waals surface area contributed by atoms with Crippen LogP contribution in [0.2, 0.25) is 10.1 Å². The third-order valence-corrected chi connectivity index (χ3v) is 3.26. The zero-order chi connectivity index (χ0) is 9.82. The number of unbranched alkanes of at least 4 members (excludes halogenated alkanes) is 1. The van der Waals surface area contributed by atoms with Gasteiger partial charge < -0.3 is 4.89 Å². The standard InChI is InChI=1S/C6H13.C2H5.Al.HO2P/c1-3-5-6-4-2;1-2;;1-3-2/h3H,4-6H2,1-2H3;1H2,2H3;;(H,1,2)/q;;+1;. The SMILES string of the molecule is CCCC[CH](C)[Al+][CH2]C.O=PO. The fourth-order valence-electron chi connectivity index (χ4n) is 1.05. The van der Waals surface area contributed by atoms with Crippen molar-refractivity contribution in [2.75, 3.05) is 0 Å². The van der Waals surface area contributed by atoms with Crippen molar-refractivity contribution < 1.29 is 9.46 Å². The van der Waals surface area contributed by atoms with Crippen molar-refractivity contribution in [1.29, 1.82) is 0 Å². The fourth-order valence-corrected chi connectivity index (χ4v) is 2.32. The molecule has 12 heavy (non-hydrogen) atoms. The van der Waals surface area contributed by atoms with E-state index in [1.54, 1.807) is 0 Å². The second kappa shape index (κ2) is 14.1. The van der Waals surface area contributed by atoms with Crippen LogP contribution in [0.3, 0.4) is 0 Å². The molecule has 1 unspecified atom stereocenters. The van der Waals surface area contributed by atoms with E-state index in [0.717, 1.165) is 20.0 Å². The van der Waals surface area contributed by atoms with E-state index in [-0.39, 0.29) is 0 Å². The Bertz CT molecular complexity index is 91.1. The van der Waals surface area contributed by atoms with E-state index in [2.05, 4.69) is 20.8 Å². The molecule has 0 saturated heterocycles. The molecule has 4 heteroatoms. The maximum absolute atomic E-state index is 8.46. The zero-order valence-electron chi connectivity index (χ0n) is 8.29. The first-order valence-corrected chi connectivity index (χ1v) is 6.77. The quantitative estimate of drug-likeness (QED) is 0.552. The summed E-state index contributed by atoms with van der Waals surface area (Å²) in [7, 11) is -0.833. The first-order valence-electron chi connectivity index (χ1n) is 4.52. The molecule has 0 rings (SSSR count). The van der Waals surface area contributed by atoms with Gasteiger partial charge in [0.1, 0.15) is 0 Å². The number of hydrogen-bond acceptors (Lipinski definition) is 1. The Hall–Kier alpha value is 0.592. The molecule has 70 valence electrons. The summed E-state index contributed by atoms with van der Waals surface area (Å²) in [4.78, 5) is 6.99. The van der Waals surface area contributed by atoms with Crippen LogP contribution < -0.4 is 0 Å². The van der Waals surface area contributed by atoms with Crippen LogP contribution in [0, 0.1) is 0 Å². The second-order valence-corrected chi connectivity index (χ2v) is 5.43. The molecule has 1 N–H and O–H groups in total. The van der Waals surface area contributed by atoms with Crippen LogP contribution in [-0.4, -0.2) is 20.1 Å². The number of hydrogen-bond donors (Lipinski definition) is 1. The molecular weight excluding hydrogens is 186 g/mol. The summed E-state index contributed by atoms with van der Waals surface area (Å²) < 4.78 is 9.51. The van der Waals surface area contributed by atoms with Crippen LogP contribution in [-0.2, 0) is 4.57 Å². The van der Waals surface area contributed by atoms with Crippen LogP contribution in [0.4, 0.5) is 0 Å². The molecule has 0 spiro atoms. The molecule has 0 radical (unpaired) electrons. The average molecular weight is 205 g/mol. The largest absolute Gasteiger partial charge is 0.324 e. The van der Waals surface area contributed by atoms with Gasteiger partial charge in [0.05, 0.1) is 0 Å². The molecule has 2 nitrogen and oxygen atoms in total. The summed E-state index contributed by atoms with van der Waals surface area (Å²) in [6, 6.07) is 0. The van der Waals surface area contributed by atoms with Crippen molar-refractivity contribution in [3.05, 3.63) is 0 Å². The smallest absolute Gasteiger partial charge is 0.310 e. The molecule has 0 aromatic rings. The second-order valence-electron chi connectivity index (χ2n) is 2.85. The van der Waals surface area contributed by atoms with E-state index < -0.39 is 8.69 Å². The molecule has 0 aliphatic heterocycles. The summed E-state index contributed by atoms with van der Waals surface area (Å²) in [5, 5.41) is 1.44. The normalized spacial score (nSPS) is 11.3. The molecule has 0 bridgehead atoms. The van der Waals surface area contributed by atoms with Crippen LogP contribution in [0.1, 0.15) is 40.0 Å². The van der Waals surface area contributed by atoms with E-state index >= 15 is 0 Å². The summed E-state index contributed by atoms with van der Waals surface area (Å²) in [6.07, 6.45) is 4.28. The van der Waals surface area contributed by atoms with Crippen LogP contribution in [0.15, 0.2) is 0 Å². The van der Waals surface area contributed by atoms with Gasteiger partial charge in [-0.1, -0.05) is 0 Å². The predicted octanol–water partition coefficient (Wildman–Crippen LogP) is 3.31. The third-order valence-electron chi connectivity index (χ3n) is 1.65. The van der Waals surface area contributed by atoms with Gasteiger partial charge in [-0.15, -0.1) is 0 Å². The Morgan fingerprint density at radius 3 is 2.33 bits per heavy atom. The monoisotopic (exact) mass is 205 g/mol. The van der Waals surface area contributed by atoms with Gasteiger partial charge in [0.2, 0.25) is 0 Å². The maximum Gasteiger partial charge on any atom is 0.324 e. The van der Waals surface area contributed by atoms with Crippen molar-refractivity contribution in [3.63, 3.8) is 0 Å². The van der Waals surface area contributed by atoms with Gasteiger partial charge in [-0.3, -0.25) is 0 Å². The van der Waals surface area contributed by atoms with Gasteiger partial charge in [0.25, 0.3) is 0 Å². The van der Waals surface area contributed by atoms with Crippen molar-refractivity contribution in [3.8, 4) is 0 Å². The minimum atomic E-state index is -0.833. The molecule has 1 atom stereocenters. The van der Waals surface area contributed by atoms with Gasteiger partial charge >= 0.3 is 74.0 Å². The molecule has 0 heterocycles. The molecule has 0 aliphatic rings. The van der Waals surface area contributed by atoms with Gasteiger partial charge in [0, 0.05) is 0 Å². The van der Waals surface area contributed by atoms with Crippen molar-refractivity contribution >= 4 is 23.9 Å². The Labute approximate surface area is 83.8 Å². The molecule has 0 amide bonds. The first kappa shape index (κ1) is 15.1. The minimum Gasteiger partial charge on any atom is -0.310 e. The molecule has 0 fully saturated rings. The summed E-state index contributed by atoms with van der Waals surface area (Å²) in [5.74, 6) is 0. The topological polar surface area (TPSA) is 37.3 Å². The van der Waals surface area contributed by atoms with E-state index in [1.807, 2.05) is 0 Å². The third kappa shape index (κ3) is 16.9. The zero-order valence-corrected chi connectivity index (χ0v) is 10.3. The summed E-state index contributed by atoms with van der Waals surface area (Å²) in [5.41, 5.74) is 0. The Kier molecular flexibility index (Phi) is 17.8. The van der Waals surface area contributed by atoms with Gasteiger partial charge in [-0.2, -0.15) is 0 Å². The Morgan fingerprint density at radius 2 is 2.00 bits per heavy atom. The van der Waals surface area contributed by atoms with Crippen molar-refractivity contribution in [2.24, 2.45) is 0 Å².